The van der Waals surface area contributed by atoms with E-state index in [1.165, 1.54) is 33.5 Å². The summed E-state index contributed by atoms with van der Waals surface area (Å²) in [7, 11) is 4.41. The molecule has 3 aromatic carbocycles. The Kier molecular flexibility index (Phi) is 6.23. The number of H-pyrrole nitrogens is 1. The number of amides is 1. The third-order valence-corrected chi connectivity index (χ3v) is 6.76. The Labute approximate surface area is 211 Å². The number of aromatic nitrogens is 1. The summed E-state index contributed by atoms with van der Waals surface area (Å²) < 4.78 is 56.0. The highest BCUT2D eigenvalue weighted by Crippen LogP contribution is 2.42. The van der Waals surface area contributed by atoms with E-state index in [9.17, 15) is 18.0 Å². The van der Waals surface area contributed by atoms with Crippen LogP contribution in [-0.4, -0.2) is 43.7 Å². The fourth-order valence-electron chi connectivity index (χ4n) is 5.03. The molecule has 6 nitrogen and oxygen atoms in total. The van der Waals surface area contributed by atoms with Gasteiger partial charge in [0.05, 0.1) is 32.9 Å². The largest absolute Gasteiger partial charge is 0.493 e. The second-order valence-electron chi connectivity index (χ2n) is 8.75. The number of methoxy groups -OCH3 is 3. The molecule has 4 aromatic rings. The fourth-order valence-corrected chi connectivity index (χ4v) is 5.03. The summed E-state index contributed by atoms with van der Waals surface area (Å²) >= 11 is 0. The smallest absolute Gasteiger partial charge is 0.416 e. The Bertz CT molecular complexity index is 1440. The van der Waals surface area contributed by atoms with Crippen molar-refractivity contribution in [2.24, 2.45) is 0 Å². The number of carbonyl (C=O) groups excluding carboxylic acids is 1. The molecule has 0 unspecified atom stereocenters. The van der Waals surface area contributed by atoms with Gasteiger partial charge in [-0.1, -0.05) is 30.3 Å². The number of aromatic amines is 1. The van der Waals surface area contributed by atoms with Crippen LogP contribution in [0.15, 0.2) is 60.7 Å². The number of hydrogen-bond donors (Lipinski definition) is 1. The first-order valence-electron chi connectivity index (χ1n) is 11.6. The molecule has 1 aliphatic rings. The van der Waals surface area contributed by atoms with E-state index in [0.29, 0.717) is 41.3 Å². The van der Waals surface area contributed by atoms with Gasteiger partial charge in [0.2, 0.25) is 5.75 Å². The number of para-hydroxylation sites is 1. The zero-order chi connectivity index (χ0) is 26.3. The minimum Gasteiger partial charge on any atom is -0.493 e. The summed E-state index contributed by atoms with van der Waals surface area (Å²) in [4.78, 5) is 19.0. The van der Waals surface area contributed by atoms with Gasteiger partial charge in [0.1, 0.15) is 0 Å². The normalized spacial score (nSPS) is 15.4. The molecule has 0 saturated heterocycles. The Morgan fingerprint density at radius 3 is 2.19 bits per heavy atom. The molecule has 0 bridgehead atoms. The van der Waals surface area contributed by atoms with Crippen LogP contribution in [0.4, 0.5) is 13.2 Å². The van der Waals surface area contributed by atoms with Crippen molar-refractivity contribution in [3.63, 3.8) is 0 Å². The van der Waals surface area contributed by atoms with Crippen molar-refractivity contribution in [3.8, 4) is 17.2 Å². The lowest BCUT2D eigenvalue weighted by molar-refractivity contribution is -0.137. The highest BCUT2D eigenvalue weighted by Gasteiger charge is 2.37. The van der Waals surface area contributed by atoms with Crippen molar-refractivity contribution in [2.45, 2.75) is 18.6 Å². The van der Waals surface area contributed by atoms with Gasteiger partial charge in [-0.05, 0) is 47.9 Å². The molecule has 1 aromatic heterocycles. The van der Waals surface area contributed by atoms with E-state index >= 15 is 0 Å². The van der Waals surface area contributed by atoms with E-state index in [1.807, 2.05) is 24.3 Å². The van der Waals surface area contributed by atoms with Crippen molar-refractivity contribution in [3.05, 3.63) is 88.6 Å². The molecule has 0 spiro atoms. The molecule has 0 saturated carbocycles. The number of carbonyl (C=O) groups is 1. The molecular weight excluding hydrogens is 485 g/mol. The minimum atomic E-state index is -4.46. The summed E-state index contributed by atoms with van der Waals surface area (Å²) in [6, 6.07) is 15.3. The highest BCUT2D eigenvalue weighted by molar-refractivity contribution is 5.97. The van der Waals surface area contributed by atoms with Gasteiger partial charge < -0.3 is 24.1 Å². The molecule has 1 atom stereocenters. The first-order valence-corrected chi connectivity index (χ1v) is 11.6. The van der Waals surface area contributed by atoms with Crippen molar-refractivity contribution in [1.29, 1.82) is 0 Å². The van der Waals surface area contributed by atoms with Gasteiger partial charge in [-0.3, -0.25) is 4.79 Å². The summed E-state index contributed by atoms with van der Waals surface area (Å²) in [5, 5.41) is 1.04. The first-order chi connectivity index (χ1) is 17.8. The molecule has 0 radical (unpaired) electrons. The quantitative estimate of drug-likeness (QED) is 0.358. The third-order valence-electron chi connectivity index (χ3n) is 6.76. The van der Waals surface area contributed by atoms with Crippen LogP contribution in [0, 0.1) is 0 Å². The van der Waals surface area contributed by atoms with Crippen LogP contribution >= 0.6 is 0 Å². The Balaban J connectivity index is 1.64. The van der Waals surface area contributed by atoms with Crippen LogP contribution < -0.4 is 14.2 Å². The average molecular weight is 511 g/mol. The molecule has 0 aliphatic carbocycles. The Morgan fingerprint density at radius 2 is 1.59 bits per heavy atom. The van der Waals surface area contributed by atoms with Crippen molar-refractivity contribution >= 4 is 16.8 Å². The molecule has 1 N–H and O–H groups in total. The predicted molar refractivity (Wildman–Crippen MR) is 132 cm³/mol. The number of benzene rings is 3. The van der Waals surface area contributed by atoms with Crippen LogP contribution in [0.2, 0.25) is 0 Å². The molecule has 5 rings (SSSR count). The van der Waals surface area contributed by atoms with Crippen LogP contribution in [0.5, 0.6) is 17.2 Å². The Hall–Kier alpha value is -4.14. The molecule has 37 heavy (non-hydrogen) atoms. The van der Waals surface area contributed by atoms with E-state index in [2.05, 4.69) is 4.98 Å². The van der Waals surface area contributed by atoms with Crippen molar-refractivity contribution in [2.75, 3.05) is 27.9 Å². The lowest BCUT2D eigenvalue weighted by Crippen LogP contribution is -2.40. The van der Waals surface area contributed by atoms with Crippen LogP contribution in [0.3, 0.4) is 0 Å². The number of ether oxygens (including phenoxy) is 3. The van der Waals surface area contributed by atoms with E-state index in [0.717, 1.165) is 34.3 Å². The molecule has 1 amide bonds. The SMILES string of the molecule is COc1cc(C(=O)N2CCc3c([nH]c4ccccc34)[C@@H]2c2ccc(C(F)(F)F)cc2)cc(OC)c1OC. The standard InChI is InChI=1S/C28H25F3N2O4/c1-35-22-14-17(15-23(36-2)26(22)37-3)27(34)33-13-12-20-19-6-4-5-7-21(19)32-24(20)25(33)16-8-10-18(11-9-16)28(29,30)31/h4-11,14-15,25,32H,12-13H2,1-3H3/t25-/m0/s1. The third kappa shape index (κ3) is 4.24. The second kappa shape index (κ2) is 9.38. The molecule has 9 heteroatoms. The van der Waals surface area contributed by atoms with Gasteiger partial charge in [-0.15, -0.1) is 0 Å². The molecule has 2 heterocycles. The monoisotopic (exact) mass is 510 g/mol. The van der Waals surface area contributed by atoms with Crippen LogP contribution in [0.25, 0.3) is 10.9 Å². The first kappa shape index (κ1) is 24.5. The minimum absolute atomic E-state index is 0.311. The zero-order valence-corrected chi connectivity index (χ0v) is 20.5. The molecule has 0 fully saturated rings. The van der Waals surface area contributed by atoms with Crippen LogP contribution in [0.1, 0.15) is 38.8 Å². The van der Waals surface area contributed by atoms with E-state index in [-0.39, 0.29) is 5.91 Å². The summed E-state index contributed by atoms with van der Waals surface area (Å²) in [6.45, 7) is 0.371. The maximum absolute atomic E-state index is 14.0. The number of nitrogens with one attached hydrogen (secondary N) is 1. The van der Waals surface area contributed by atoms with Gasteiger partial charge >= 0.3 is 6.18 Å². The number of halogens is 3. The number of hydrogen-bond acceptors (Lipinski definition) is 4. The zero-order valence-electron chi connectivity index (χ0n) is 20.5. The summed E-state index contributed by atoms with van der Waals surface area (Å²) in [5.41, 5.74) is 2.88. The van der Waals surface area contributed by atoms with E-state index in [4.69, 9.17) is 14.2 Å². The van der Waals surface area contributed by atoms with Gasteiger partial charge in [-0.2, -0.15) is 13.2 Å². The lowest BCUT2D eigenvalue weighted by Gasteiger charge is -2.36. The van der Waals surface area contributed by atoms with Gasteiger partial charge in [0, 0.05) is 28.7 Å². The lowest BCUT2D eigenvalue weighted by atomic mass is 9.91. The van der Waals surface area contributed by atoms with Crippen molar-refractivity contribution < 1.29 is 32.2 Å². The number of fused-ring (bicyclic) bond motifs is 3. The summed E-state index contributed by atoms with van der Waals surface area (Å²) in [6.07, 6.45) is -3.87. The second-order valence-corrected chi connectivity index (χ2v) is 8.75. The molecular formula is C28H25F3N2O4. The highest BCUT2D eigenvalue weighted by atomic mass is 19.4. The van der Waals surface area contributed by atoms with Gasteiger partial charge in [-0.25, -0.2) is 0 Å². The average Bonchev–Trinajstić information content (AvgIpc) is 3.29. The maximum Gasteiger partial charge on any atom is 0.416 e. The predicted octanol–water partition coefficient (Wildman–Crippen LogP) is 6.00. The van der Waals surface area contributed by atoms with Crippen LogP contribution in [-0.2, 0) is 12.6 Å². The topological polar surface area (TPSA) is 63.8 Å². The van der Waals surface area contributed by atoms with Gasteiger partial charge in [0.15, 0.2) is 11.5 Å². The number of rotatable bonds is 5. The van der Waals surface area contributed by atoms with Gasteiger partial charge in [0.25, 0.3) is 5.91 Å². The van der Waals surface area contributed by atoms with Crippen molar-refractivity contribution in [1.82, 2.24) is 9.88 Å². The van der Waals surface area contributed by atoms with E-state index < -0.39 is 17.8 Å². The summed E-state index contributed by atoms with van der Waals surface area (Å²) in [5.74, 6) is 0.713. The Morgan fingerprint density at radius 1 is 0.946 bits per heavy atom. The molecule has 192 valence electrons. The molecule has 1 aliphatic heterocycles. The number of nitrogens with zero attached hydrogens (tertiary/aromatic N) is 1. The fraction of sp³-hybridized carbons (Fsp3) is 0.250. The maximum atomic E-state index is 14.0. The van der Waals surface area contributed by atoms with E-state index in [1.54, 1.807) is 17.0 Å². The number of alkyl halides is 3.